The van der Waals surface area contributed by atoms with Gasteiger partial charge in [0.25, 0.3) is 0 Å². The van der Waals surface area contributed by atoms with E-state index in [4.69, 9.17) is 16.7 Å². The summed E-state index contributed by atoms with van der Waals surface area (Å²) in [6.07, 6.45) is 4.97. The van der Waals surface area contributed by atoms with Gasteiger partial charge >= 0.3 is 5.97 Å². The van der Waals surface area contributed by atoms with E-state index in [1.807, 2.05) is 18.3 Å². The number of carboxylic acid groups (broad SMARTS) is 1. The maximum atomic E-state index is 10.9. The number of halogens is 2. The van der Waals surface area contributed by atoms with Gasteiger partial charge in [-0.05, 0) is 24.1 Å². The third kappa shape index (κ3) is 4.49. The summed E-state index contributed by atoms with van der Waals surface area (Å²) in [6.45, 7) is 2.82. The first-order chi connectivity index (χ1) is 10.2. The number of aromatic nitrogens is 2. The van der Waals surface area contributed by atoms with E-state index in [0.717, 1.165) is 36.3 Å². The molecule has 4 nitrogen and oxygen atoms in total. The highest BCUT2D eigenvalue weighted by atomic mass is 35.5. The van der Waals surface area contributed by atoms with Crippen molar-refractivity contribution >= 4 is 30.0 Å². The molecule has 1 N–H and O–H groups in total. The largest absolute Gasteiger partial charge is 0.478 e. The average Bonchev–Trinajstić information content (AvgIpc) is 2.87. The molecule has 22 heavy (non-hydrogen) atoms. The molecule has 0 aliphatic rings. The van der Waals surface area contributed by atoms with Crippen molar-refractivity contribution in [2.75, 3.05) is 0 Å². The molecule has 0 aliphatic carbocycles. The monoisotopic (exact) mass is 342 g/mol. The Hall–Kier alpha value is -1.52. The number of hydrogen-bond donors (Lipinski definition) is 1. The molecule has 120 valence electrons. The Kier molecular flexibility index (Phi) is 7.42. The zero-order chi connectivity index (χ0) is 15.2. The Morgan fingerprint density at radius 2 is 2.00 bits per heavy atom. The van der Waals surface area contributed by atoms with Crippen molar-refractivity contribution in [3.05, 3.63) is 53.1 Å². The quantitative estimate of drug-likeness (QED) is 0.769. The minimum Gasteiger partial charge on any atom is -0.478 e. The molecule has 0 bridgehead atoms. The predicted molar refractivity (Wildman–Crippen MR) is 90.1 cm³/mol. The Balaban J connectivity index is 0.00000242. The molecule has 0 spiro atoms. The van der Waals surface area contributed by atoms with Gasteiger partial charge in [0, 0.05) is 19.2 Å². The van der Waals surface area contributed by atoms with E-state index in [-0.39, 0.29) is 12.4 Å². The third-order valence-corrected chi connectivity index (χ3v) is 3.73. The molecule has 1 heterocycles. The molecule has 0 unspecified atom stereocenters. The first kappa shape index (κ1) is 18.5. The molecule has 0 amide bonds. The highest BCUT2D eigenvalue weighted by Crippen LogP contribution is 2.15. The van der Waals surface area contributed by atoms with E-state index in [0.29, 0.717) is 18.0 Å². The number of aryl methyl sites for hydroxylation is 1. The molecule has 0 fully saturated rings. The number of imidazole rings is 1. The second-order valence-electron chi connectivity index (χ2n) is 4.99. The van der Waals surface area contributed by atoms with Gasteiger partial charge in [-0.15, -0.1) is 24.0 Å². The lowest BCUT2D eigenvalue weighted by atomic mass is 10.1. The van der Waals surface area contributed by atoms with Crippen molar-refractivity contribution < 1.29 is 9.90 Å². The smallest absolute Gasteiger partial charge is 0.335 e. The normalized spacial score (nSPS) is 10.3. The van der Waals surface area contributed by atoms with Gasteiger partial charge in [-0.1, -0.05) is 25.5 Å². The van der Waals surface area contributed by atoms with Gasteiger partial charge < -0.3 is 9.67 Å². The molecule has 2 aromatic rings. The summed E-state index contributed by atoms with van der Waals surface area (Å²) in [7, 11) is 0. The Labute approximate surface area is 141 Å². The standard InChI is InChI=1S/C16H19ClN2O2.ClH/c1-2-3-4-15-18-10-14(9-17)19(15)11-12-5-7-13(8-6-12)16(20)21;/h5-8,10H,2-4,9,11H2,1H3,(H,20,21);1H. The topological polar surface area (TPSA) is 55.1 Å². The number of rotatable bonds is 7. The Morgan fingerprint density at radius 3 is 2.55 bits per heavy atom. The fourth-order valence-electron chi connectivity index (χ4n) is 2.22. The van der Waals surface area contributed by atoms with Crippen LogP contribution in [0.2, 0.25) is 0 Å². The van der Waals surface area contributed by atoms with Crippen molar-refractivity contribution in [2.24, 2.45) is 0 Å². The van der Waals surface area contributed by atoms with Crippen LogP contribution in [0.4, 0.5) is 0 Å². The minimum absolute atomic E-state index is 0. The number of carboxylic acids is 1. The summed E-state index contributed by atoms with van der Waals surface area (Å²) in [5.41, 5.74) is 2.33. The number of aromatic carboxylic acids is 1. The van der Waals surface area contributed by atoms with Crippen LogP contribution in [0.3, 0.4) is 0 Å². The SMILES string of the molecule is CCCCc1ncc(CCl)n1Cc1ccc(C(=O)O)cc1.Cl. The zero-order valence-electron chi connectivity index (χ0n) is 12.5. The van der Waals surface area contributed by atoms with E-state index < -0.39 is 5.97 Å². The molecule has 0 radical (unpaired) electrons. The van der Waals surface area contributed by atoms with Gasteiger partial charge in [-0.2, -0.15) is 0 Å². The molecule has 6 heteroatoms. The maximum Gasteiger partial charge on any atom is 0.335 e. The van der Waals surface area contributed by atoms with Gasteiger partial charge in [0.1, 0.15) is 5.82 Å². The van der Waals surface area contributed by atoms with Gasteiger partial charge in [0.15, 0.2) is 0 Å². The summed E-state index contributed by atoms with van der Waals surface area (Å²) >= 11 is 5.97. The second-order valence-corrected chi connectivity index (χ2v) is 5.26. The first-order valence-electron chi connectivity index (χ1n) is 7.07. The highest BCUT2D eigenvalue weighted by molar-refractivity contribution is 6.16. The van der Waals surface area contributed by atoms with Crippen LogP contribution >= 0.6 is 24.0 Å². The van der Waals surface area contributed by atoms with Crippen molar-refractivity contribution in [1.29, 1.82) is 0 Å². The molecular formula is C16H20Cl2N2O2. The van der Waals surface area contributed by atoms with E-state index >= 15 is 0 Å². The summed E-state index contributed by atoms with van der Waals surface area (Å²) in [4.78, 5) is 15.3. The second kappa shape index (κ2) is 8.81. The summed E-state index contributed by atoms with van der Waals surface area (Å²) in [6, 6.07) is 6.93. The molecule has 0 saturated heterocycles. The molecule has 0 atom stereocenters. The summed E-state index contributed by atoms with van der Waals surface area (Å²) in [5.74, 6) is 0.552. The number of alkyl halides is 1. The fourth-order valence-corrected chi connectivity index (χ4v) is 2.44. The zero-order valence-corrected chi connectivity index (χ0v) is 14.0. The van der Waals surface area contributed by atoms with Crippen LogP contribution in [0.25, 0.3) is 0 Å². The fraction of sp³-hybridized carbons (Fsp3) is 0.375. The van der Waals surface area contributed by atoms with E-state index in [2.05, 4.69) is 16.5 Å². The van der Waals surface area contributed by atoms with Crippen LogP contribution < -0.4 is 0 Å². The van der Waals surface area contributed by atoms with Gasteiger partial charge in [-0.25, -0.2) is 9.78 Å². The minimum atomic E-state index is -0.908. The lowest BCUT2D eigenvalue weighted by Gasteiger charge is -2.11. The van der Waals surface area contributed by atoms with E-state index in [1.54, 1.807) is 12.1 Å². The van der Waals surface area contributed by atoms with Crippen LogP contribution in [-0.4, -0.2) is 20.6 Å². The van der Waals surface area contributed by atoms with Crippen LogP contribution in [-0.2, 0) is 18.8 Å². The van der Waals surface area contributed by atoms with Crippen LogP contribution in [0.5, 0.6) is 0 Å². The van der Waals surface area contributed by atoms with Crippen molar-refractivity contribution in [3.63, 3.8) is 0 Å². The van der Waals surface area contributed by atoms with Crippen LogP contribution in [0.1, 0.15) is 47.2 Å². The molecule has 0 saturated carbocycles. The van der Waals surface area contributed by atoms with Crippen molar-refractivity contribution in [1.82, 2.24) is 9.55 Å². The van der Waals surface area contributed by atoms with Crippen LogP contribution in [0.15, 0.2) is 30.5 Å². The molecule has 1 aromatic heterocycles. The van der Waals surface area contributed by atoms with Gasteiger partial charge in [0.2, 0.25) is 0 Å². The summed E-state index contributed by atoms with van der Waals surface area (Å²) in [5, 5.41) is 8.92. The first-order valence-corrected chi connectivity index (χ1v) is 7.60. The van der Waals surface area contributed by atoms with E-state index in [9.17, 15) is 4.79 Å². The van der Waals surface area contributed by atoms with E-state index in [1.165, 1.54) is 0 Å². The Morgan fingerprint density at radius 1 is 1.32 bits per heavy atom. The number of hydrogen-bond acceptors (Lipinski definition) is 2. The molecule has 0 aliphatic heterocycles. The number of unbranched alkanes of at least 4 members (excludes halogenated alkanes) is 1. The maximum absolute atomic E-state index is 10.9. The summed E-state index contributed by atoms with van der Waals surface area (Å²) < 4.78 is 2.12. The number of benzene rings is 1. The highest BCUT2D eigenvalue weighted by Gasteiger charge is 2.10. The molecular weight excluding hydrogens is 323 g/mol. The van der Waals surface area contributed by atoms with Gasteiger partial charge in [-0.3, -0.25) is 0 Å². The number of nitrogens with zero attached hydrogens (tertiary/aromatic N) is 2. The lowest BCUT2D eigenvalue weighted by molar-refractivity contribution is 0.0697. The van der Waals surface area contributed by atoms with Crippen LogP contribution in [0, 0.1) is 0 Å². The lowest BCUT2D eigenvalue weighted by Crippen LogP contribution is -2.08. The van der Waals surface area contributed by atoms with Crippen molar-refractivity contribution in [2.45, 2.75) is 38.6 Å². The van der Waals surface area contributed by atoms with Gasteiger partial charge in [0.05, 0.1) is 17.1 Å². The molecule has 1 aromatic carbocycles. The predicted octanol–water partition coefficient (Wildman–Crippen LogP) is 4.13. The Bertz CT molecular complexity index is 609. The number of carbonyl (C=O) groups is 1. The third-order valence-electron chi connectivity index (χ3n) is 3.45. The van der Waals surface area contributed by atoms with Crippen molar-refractivity contribution in [3.8, 4) is 0 Å². The molecule has 2 rings (SSSR count). The average molecular weight is 343 g/mol.